The van der Waals surface area contributed by atoms with Gasteiger partial charge in [0, 0.05) is 22.7 Å². The summed E-state index contributed by atoms with van der Waals surface area (Å²) in [5.74, 6) is 0. The molecule has 0 atom stereocenters. The molecular formula is C32H19N3. The zero-order valence-electron chi connectivity index (χ0n) is 18.8. The minimum Gasteiger partial charge on any atom is -0.294 e. The topological polar surface area (TPSA) is 30.7 Å². The van der Waals surface area contributed by atoms with Gasteiger partial charge >= 0.3 is 0 Å². The van der Waals surface area contributed by atoms with Crippen LogP contribution in [0.1, 0.15) is 0 Å². The Labute approximate surface area is 202 Å². The van der Waals surface area contributed by atoms with Crippen LogP contribution in [0.25, 0.3) is 71.8 Å². The molecule has 0 bridgehead atoms. The lowest BCUT2D eigenvalue weighted by molar-refractivity contribution is 1.11. The van der Waals surface area contributed by atoms with E-state index in [9.17, 15) is 0 Å². The van der Waals surface area contributed by atoms with Crippen molar-refractivity contribution >= 4 is 32.7 Å². The normalized spacial score (nSPS) is 12.0. The molecule has 0 radical (unpaired) electrons. The third-order valence-corrected chi connectivity index (χ3v) is 7.32. The van der Waals surface area contributed by atoms with Gasteiger partial charge in [-0.05, 0) is 62.4 Å². The molecule has 5 aromatic carbocycles. The summed E-state index contributed by atoms with van der Waals surface area (Å²) in [6, 6.07) is 37.2. The standard InChI is InChI=1S/C32H19N3/c1-2-7-24-23(6-1)27-10-5-9-26-22(16-17-28(24)31(26)27)20-12-14-21(15-13-20)35-30-11-4-3-8-25(30)29-18-33-19-34-32(29)35/h1-19H. The number of benzene rings is 5. The number of fused-ring (bicyclic) bond motifs is 6. The number of hydrogen-bond donors (Lipinski definition) is 0. The molecule has 0 saturated heterocycles. The molecular weight excluding hydrogens is 426 g/mol. The molecule has 2 aromatic heterocycles. The van der Waals surface area contributed by atoms with E-state index in [-0.39, 0.29) is 0 Å². The molecule has 3 heteroatoms. The first-order valence-electron chi connectivity index (χ1n) is 11.8. The number of nitrogens with zero attached hydrogens (tertiary/aromatic N) is 3. The first-order chi connectivity index (χ1) is 17.4. The lowest BCUT2D eigenvalue weighted by atomic mass is 9.94. The highest BCUT2D eigenvalue weighted by atomic mass is 15.1. The highest BCUT2D eigenvalue weighted by Crippen LogP contribution is 2.49. The van der Waals surface area contributed by atoms with Crippen LogP contribution in [0.15, 0.2) is 116 Å². The highest BCUT2D eigenvalue weighted by molar-refractivity contribution is 6.18. The molecule has 0 N–H and O–H groups in total. The predicted octanol–water partition coefficient (Wildman–Crippen LogP) is 8.04. The lowest BCUT2D eigenvalue weighted by Crippen LogP contribution is -1.95. The zero-order chi connectivity index (χ0) is 22.9. The highest BCUT2D eigenvalue weighted by Gasteiger charge is 2.22. The Morgan fingerprint density at radius 1 is 0.514 bits per heavy atom. The number of hydrogen-bond acceptors (Lipinski definition) is 2. The van der Waals surface area contributed by atoms with Crippen LogP contribution in [0.3, 0.4) is 0 Å². The molecule has 0 unspecified atom stereocenters. The van der Waals surface area contributed by atoms with Gasteiger partial charge in [0.25, 0.3) is 0 Å². The second-order valence-corrected chi connectivity index (χ2v) is 9.09. The fourth-order valence-corrected chi connectivity index (χ4v) is 5.81. The number of aromatic nitrogens is 3. The van der Waals surface area contributed by atoms with E-state index >= 15 is 0 Å². The summed E-state index contributed by atoms with van der Waals surface area (Å²) >= 11 is 0. The molecule has 0 saturated carbocycles. The van der Waals surface area contributed by atoms with Crippen molar-refractivity contribution < 1.29 is 0 Å². The van der Waals surface area contributed by atoms with Crippen LogP contribution in [0.2, 0.25) is 0 Å². The fraction of sp³-hybridized carbons (Fsp3) is 0. The Kier molecular flexibility index (Phi) is 3.66. The van der Waals surface area contributed by atoms with Crippen LogP contribution in [0.5, 0.6) is 0 Å². The molecule has 8 rings (SSSR count). The maximum Gasteiger partial charge on any atom is 0.148 e. The Balaban J connectivity index is 1.31. The van der Waals surface area contributed by atoms with E-state index in [1.165, 1.54) is 49.5 Å². The second kappa shape index (κ2) is 6.87. The van der Waals surface area contributed by atoms with Crippen LogP contribution in [-0.4, -0.2) is 14.5 Å². The third kappa shape index (κ3) is 2.50. The zero-order valence-corrected chi connectivity index (χ0v) is 18.8. The van der Waals surface area contributed by atoms with Gasteiger partial charge in [-0.1, -0.05) is 84.9 Å². The smallest absolute Gasteiger partial charge is 0.148 e. The summed E-state index contributed by atoms with van der Waals surface area (Å²) in [5, 5.41) is 4.89. The quantitative estimate of drug-likeness (QED) is 0.269. The van der Waals surface area contributed by atoms with E-state index in [4.69, 9.17) is 0 Å². The molecule has 162 valence electrons. The van der Waals surface area contributed by atoms with Crippen molar-refractivity contribution in [3.05, 3.63) is 116 Å². The summed E-state index contributed by atoms with van der Waals surface area (Å²) < 4.78 is 2.22. The summed E-state index contributed by atoms with van der Waals surface area (Å²) in [4.78, 5) is 8.88. The summed E-state index contributed by atoms with van der Waals surface area (Å²) in [6.07, 6.45) is 3.52. The van der Waals surface area contributed by atoms with E-state index in [1.54, 1.807) is 6.33 Å². The van der Waals surface area contributed by atoms with Crippen LogP contribution in [0, 0.1) is 0 Å². The Bertz CT molecular complexity index is 1860. The van der Waals surface area contributed by atoms with Gasteiger partial charge < -0.3 is 0 Å². The van der Waals surface area contributed by atoms with E-state index < -0.39 is 0 Å². The van der Waals surface area contributed by atoms with Gasteiger partial charge in [0.05, 0.1) is 5.52 Å². The maximum absolute atomic E-state index is 4.61. The van der Waals surface area contributed by atoms with E-state index in [0.29, 0.717) is 0 Å². The molecule has 1 aliphatic carbocycles. The fourth-order valence-electron chi connectivity index (χ4n) is 5.81. The van der Waals surface area contributed by atoms with Gasteiger partial charge in [-0.2, -0.15) is 0 Å². The van der Waals surface area contributed by atoms with Crippen molar-refractivity contribution in [3.8, 4) is 39.1 Å². The van der Waals surface area contributed by atoms with E-state index in [1.807, 2.05) is 6.20 Å². The van der Waals surface area contributed by atoms with Crippen LogP contribution < -0.4 is 0 Å². The van der Waals surface area contributed by atoms with Crippen molar-refractivity contribution in [2.24, 2.45) is 0 Å². The van der Waals surface area contributed by atoms with Gasteiger partial charge in [0.2, 0.25) is 0 Å². The average Bonchev–Trinajstić information content (AvgIpc) is 3.44. The van der Waals surface area contributed by atoms with Crippen molar-refractivity contribution in [3.63, 3.8) is 0 Å². The molecule has 1 aliphatic rings. The molecule has 0 amide bonds. The minimum absolute atomic E-state index is 0.928. The largest absolute Gasteiger partial charge is 0.294 e. The molecule has 2 heterocycles. The van der Waals surface area contributed by atoms with Crippen molar-refractivity contribution in [2.45, 2.75) is 0 Å². The van der Waals surface area contributed by atoms with E-state index in [0.717, 1.165) is 22.2 Å². The SMILES string of the molecule is c1ccc2c(c1)-c1cccc3c(-c4ccc(-n5c6ccccc6c6cncnc65)cc4)ccc-2c13. The van der Waals surface area contributed by atoms with Crippen molar-refractivity contribution in [1.29, 1.82) is 0 Å². The molecule has 3 nitrogen and oxygen atoms in total. The predicted molar refractivity (Wildman–Crippen MR) is 144 cm³/mol. The Hall–Kier alpha value is -4.76. The minimum atomic E-state index is 0.928. The summed E-state index contributed by atoms with van der Waals surface area (Å²) in [5.41, 5.74) is 10.9. The Morgan fingerprint density at radius 2 is 1.20 bits per heavy atom. The van der Waals surface area contributed by atoms with Gasteiger partial charge in [0.1, 0.15) is 12.0 Å². The average molecular weight is 446 g/mol. The molecule has 7 aromatic rings. The van der Waals surface area contributed by atoms with Crippen LogP contribution in [0.4, 0.5) is 0 Å². The van der Waals surface area contributed by atoms with Gasteiger partial charge in [-0.25, -0.2) is 9.97 Å². The van der Waals surface area contributed by atoms with E-state index in [2.05, 4.69) is 118 Å². The van der Waals surface area contributed by atoms with Gasteiger partial charge in [-0.15, -0.1) is 0 Å². The van der Waals surface area contributed by atoms with Crippen LogP contribution in [-0.2, 0) is 0 Å². The second-order valence-electron chi connectivity index (χ2n) is 9.09. The van der Waals surface area contributed by atoms with Crippen molar-refractivity contribution in [2.75, 3.05) is 0 Å². The first-order valence-corrected chi connectivity index (χ1v) is 11.8. The molecule has 0 spiro atoms. The van der Waals surface area contributed by atoms with Gasteiger partial charge in [-0.3, -0.25) is 4.57 Å². The summed E-state index contributed by atoms with van der Waals surface area (Å²) in [7, 11) is 0. The number of para-hydroxylation sites is 1. The van der Waals surface area contributed by atoms with Crippen LogP contribution >= 0.6 is 0 Å². The van der Waals surface area contributed by atoms with Crippen molar-refractivity contribution in [1.82, 2.24) is 14.5 Å². The summed E-state index contributed by atoms with van der Waals surface area (Å²) in [6.45, 7) is 0. The number of rotatable bonds is 2. The van der Waals surface area contributed by atoms with Gasteiger partial charge in [0.15, 0.2) is 0 Å². The molecule has 0 fully saturated rings. The maximum atomic E-state index is 4.61. The lowest BCUT2D eigenvalue weighted by Gasteiger charge is -2.12. The molecule has 35 heavy (non-hydrogen) atoms. The third-order valence-electron chi connectivity index (χ3n) is 7.32. The Morgan fingerprint density at radius 3 is 2.06 bits per heavy atom. The monoisotopic (exact) mass is 445 g/mol. The molecule has 0 aliphatic heterocycles. The first kappa shape index (κ1) is 18.6.